The fourth-order valence-corrected chi connectivity index (χ4v) is 16.8. The number of rotatable bonds is 6. The van der Waals surface area contributed by atoms with Gasteiger partial charge in [-0.15, -0.1) is 0 Å². The molecule has 2 unspecified atom stereocenters. The summed E-state index contributed by atoms with van der Waals surface area (Å²) in [6.07, 6.45) is 5.55. The highest BCUT2D eigenvalue weighted by Gasteiger charge is 2.54. The van der Waals surface area contributed by atoms with E-state index in [9.17, 15) is 0 Å². The van der Waals surface area contributed by atoms with Gasteiger partial charge in [-0.05, 0) is 119 Å². The van der Waals surface area contributed by atoms with Gasteiger partial charge in [0.1, 0.15) is 0 Å². The molecule has 4 heteroatoms. The summed E-state index contributed by atoms with van der Waals surface area (Å²) >= 11 is 0. The summed E-state index contributed by atoms with van der Waals surface area (Å²) in [5, 5.41) is 5.14. The van der Waals surface area contributed by atoms with Crippen LogP contribution < -0.4 is 31.8 Å². The van der Waals surface area contributed by atoms with Crippen LogP contribution in [0.3, 0.4) is 0 Å². The summed E-state index contributed by atoms with van der Waals surface area (Å²) in [4.78, 5) is 0. The zero-order chi connectivity index (χ0) is 40.0. The highest BCUT2D eigenvalue weighted by Crippen LogP contribution is 2.64. The predicted octanol–water partition coefficient (Wildman–Crippen LogP) is 10.9. The minimum absolute atomic E-state index is 0.332. The molecule has 1 spiro atoms. The molecule has 0 saturated heterocycles. The first-order chi connectivity index (χ1) is 28.1. The molecular weight excluding hydrogens is 743 g/mol. The van der Waals surface area contributed by atoms with Gasteiger partial charge >= 0.3 is 0 Å². The van der Waals surface area contributed by atoms with E-state index in [1.165, 1.54) is 27.8 Å². The lowest BCUT2D eigenvalue weighted by atomic mass is 9.67. The summed E-state index contributed by atoms with van der Waals surface area (Å²) in [6, 6.07) is 54.9. The Hall–Kier alpha value is -5.52. The molecule has 0 radical (unpaired) electrons. The first-order valence-electron chi connectivity index (χ1n) is 20.4. The van der Waals surface area contributed by atoms with Crippen molar-refractivity contribution in [3.8, 4) is 11.1 Å². The second-order valence-corrected chi connectivity index (χ2v) is 21.9. The van der Waals surface area contributed by atoms with Crippen LogP contribution in [0.2, 0.25) is 0 Å². The van der Waals surface area contributed by atoms with Crippen molar-refractivity contribution in [3.05, 3.63) is 220 Å². The Balaban J connectivity index is 1.31. The third kappa shape index (κ3) is 5.05. The molecule has 10 rings (SSSR count). The lowest BCUT2D eigenvalue weighted by Crippen LogP contribution is -2.33. The van der Waals surface area contributed by atoms with Crippen molar-refractivity contribution in [1.82, 2.24) is 0 Å². The highest BCUT2D eigenvalue weighted by molar-refractivity contribution is 7.86. The minimum Gasteiger partial charge on any atom is -0.309 e. The molecule has 0 amide bonds. The van der Waals surface area contributed by atoms with E-state index in [0.717, 1.165) is 77.2 Å². The summed E-state index contributed by atoms with van der Waals surface area (Å²) in [7, 11) is -6.74. The van der Waals surface area contributed by atoms with E-state index < -0.39 is 19.7 Å². The quantitative estimate of drug-likeness (QED) is 0.157. The standard InChI is InChI=1S/C54H46O2P2/c1-35-26-29-43-45-31-28-41(58(56,52-24-14-8-18-38(52)4)53-25-15-9-19-39(53)5)34-49(45)54(47(43)32-35)46-21-11-10-20-42(46)44-30-27-40(33-48(44)54)57(55,50-22-12-6-16-36(50)2)51-23-13-7-17-37(51)3/h6-31,33-35H,32H2,1-5H3. The molecule has 7 aromatic rings. The van der Waals surface area contributed by atoms with Crippen molar-refractivity contribution in [3.63, 3.8) is 0 Å². The van der Waals surface area contributed by atoms with Crippen molar-refractivity contribution >= 4 is 51.7 Å². The molecular formula is C54H46O2P2. The van der Waals surface area contributed by atoms with Crippen LogP contribution in [-0.4, -0.2) is 0 Å². The Kier molecular flexibility index (Phi) is 8.58. The maximum atomic E-state index is 16.4. The summed E-state index contributed by atoms with van der Waals surface area (Å²) in [5.74, 6) is 0.332. The topological polar surface area (TPSA) is 34.1 Å². The fourth-order valence-electron chi connectivity index (χ4n) is 10.5. The number of hydrogen-bond donors (Lipinski definition) is 0. The molecule has 0 heterocycles. The number of benzene rings is 7. The Bertz CT molecular complexity index is 2920. The van der Waals surface area contributed by atoms with Gasteiger partial charge in [-0.25, -0.2) is 0 Å². The Morgan fingerprint density at radius 3 is 1.34 bits per heavy atom. The molecule has 0 fully saturated rings. The van der Waals surface area contributed by atoms with Crippen molar-refractivity contribution in [2.24, 2.45) is 5.92 Å². The van der Waals surface area contributed by atoms with Gasteiger partial charge in [0, 0.05) is 31.8 Å². The highest BCUT2D eigenvalue weighted by atomic mass is 31.2. The Morgan fingerprint density at radius 1 is 0.466 bits per heavy atom. The zero-order valence-corrected chi connectivity index (χ0v) is 35.5. The SMILES string of the molecule is Cc1ccccc1P(=O)(c1ccc2c(c1)C1(C3=C2C=CC(C)C3)c2ccccc2-c2ccc(P(=O)(c3ccccc3C)c3ccccc3C)cc21)c1ccccc1C. The molecule has 2 atom stereocenters. The van der Waals surface area contributed by atoms with Crippen LogP contribution in [-0.2, 0) is 14.5 Å². The lowest BCUT2D eigenvalue weighted by Gasteiger charge is -2.35. The number of fused-ring (bicyclic) bond motifs is 9. The maximum Gasteiger partial charge on any atom is 0.171 e. The Labute approximate surface area is 342 Å². The normalized spacial score (nSPS) is 17.9. The van der Waals surface area contributed by atoms with E-state index in [1.807, 2.05) is 48.5 Å². The average Bonchev–Trinajstić information content (AvgIpc) is 3.70. The van der Waals surface area contributed by atoms with Crippen LogP contribution >= 0.6 is 14.3 Å². The molecule has 0 bridgehead atoms. The van der Waals surface area contributed by atoms with E-state index in [2.05, 4.69) is 156 Å². The third-order valence-electron chi connectivity index (χ3n) is 13.2. The van der Waals surface area contributed by atoms with Gasteiger partial charge in [-0.2, -0.15) is 0 Å². The first-order valence-corrected chi connectivity index (χ1v) is 23.8. The average molecular weight is 789 g/mol. The smallest absolute Gasteiger partial charge is 0.171 e. The van der Waals surface area contributed by atoms with E-state index >= 15 is 9.13 Å². The predicted molar refractivity (Wildman–Crippen MR) is 246 cm³/mol. The van der Waals surface area contributed by atoms with Crippen LogP contribution in [0.15, 0.2) is 175 Å². The van der Waals surface area contributed by atoms with Crippen LogP contribution in [0.25, 0.3) is 16.7 Å². The van der Waals surface area contributed by atoms with Gasteiger partial charge in [0.15, 0.2) is 14.3 Å². The summed E-state index contributed by atoms with van der Waals surface area (Å²) in [6.45, 7) is 10.6. The molecule has 3 aliphatic rings. The first kappa shape index (κ1) is 36.8. The molecule has 0 aromatic heterocycles. The van der Waals surface area contributed by atoms with Crippen molar-refractivity contribution < 1.29 is 9.13 Å². The van der Waals surface area contributed by atoms with Gasteiger partial charge < -0.3 is 9.13 Å². The molecule has 284 valence electrons. The molecule has 0 saturated carbocycles. The van der Waals surface area contributed by atoms with Crippen molar-refractivity contribution in [2.45, 2.75) is 46.5 Å². The van der Waals surface area contributed by atoms with E-state index in [-0.39, 0.29) is 0 Å². The molecule has 0 N–H and O–H groups in total. The van der Waals surface area contributed by atoms with Crippen LogP contribution in [0.5, 0.6) is 0 Å². The Morgan fingerprint density at radius 2 is 0.862 bits per heavy atom. The van der Waals surface area contributed by atoms with E-state index in [0.29, 0.717) is 5.92 Å². The second-order valence-electron chi connectivity index (χ2n) is 16.6. The summed E-state index contributed by atoms with van der Waals surface area (Å²) < 4.78 is 32.8. The minimum atomic E-state index is -3.37. The van der Waals surface area contributed by atoms with E-state index in [4.69, 9.17) is 0 Å². The maximum absolute atomic E-state index is 16.4. The van der Waals surface area contributed by atoms with Crippen LogP contribution in [0.1, 0.15) is 57.9 Å². The van der Waals surface area contributed by atoms with Gasteiger partial charge in [-0.1, -0.05) is 165 Å². The summed E-state index contributed by atoms with van der Waals surface area (Å²) in [5.41, 5.74) is 13.1. The molecule has 58 heavy (non-hydrogen) atoms. The molecule has 3 aliphatic carbocycles. The monoisotopic (exact) mass is 788 g/mol. The molecule has 2 nitrogen and oxygen atoms in total. The van der Waals surface area contributed by atoms with Gasteiger partial charge in [-0.3, -0.25) is 0 Å². The number of allylic oxidation sites excluding steroid dienone is 4. The van der Waals surface area contributed by atoms with Crippen LogP contribution in [0.4, 0.5) is 0 Å². The number of aryl methyl sites for hydroxylation is 4. The molecule has 0 aliphatic heterocycles. The molecule has 7 aromatic carbocycles. The van der Waals surface area contributed by atoms with Crippen molar-refractivity contribution in [1.29, 1.82) is 0 Å². The second kappa shape index (κ2) is 13.5. The van der Waals surface area contributed by atoms with Crippen molar-refractivity contribution in [2.75, 3.05) is 0 Å². The third-order valence-corrected chi connectivity index (χ3v) is 19.9. The van der Waals surface area contributed by atoms with Gasteiger partial charge in [0.05, 0.1) is 5.41 Å². The number of hydrogen-bond acceptors (Lipinski definition) is 2. The largest absolute Gasteiger partial charge is 0.309 e. The van der Waals surface area contributed by atoms with Gasteiger partial charge in [0.25, 0.3) is 0 Å². The fraction of sp³-hybridized carbons (Fsp3) is 0.148. The van der Waals surface area contributed by atoms with E-state index in [1.54, 1.807) is 0 Å². The van der Waals surface area contributed by atoms with Gasteiger partial charge in [0.2, 0.25) is 0 Å². The lowest BCUT2D eigenvalue weighted by molar-refractivity contribution is 0.591. The van der Waals surface area contributed by atoms with Crippen LogP contribution in [0, 0.1) is 33.6 Å². The zero-order valence-electron chi connectivity index (χ0n) is 33.7.